The molecule has 0 radical (unpaired) electrons. The number of carbonyl (C=O) groups is 5. The Hall–Kier alpha value is -5.59. The normalized spacial score (nSPS) is 23.2. The minimum Gasteiger partial charge on any atom is -0.490 e. The molecule has 16 heteroatoms. The Labute approximate surface area is 328 Å². The number of imide groups is 2. The van der Waals surface area contributed by atoms with Gasteiger partial charge in [0, 0.05) is 69.9 Å². The molecule has 8 rings (SSSR count). The third-order valence-electron chi connectivity index (χ3n) is 11.6. The van der Waals surface area contributed by atoms with Crippen molar-refractivity contribution in [1.82, 2.24) is 25.3 Å². The molecule has 290 valence electrons. The Morgan fingerprint density at radius 3 is 2.38 bits per heavy atom. The molecule has 56 heavy (non-hydrogen) atoms. The van der Waals surface area contributed by atoms with Gasteiger partial charge >= 0.3 is 0 Å². The SMILES string of the molecule is N#Cc1ccc(O[C@H]2CC[C@H](C(=O)Nc3ccc(N4CCC(CN5CCN(c6ccc7c(c6)C(=O)N(C6CCC(=O)NC6=O)C7=O)CC5)CC4)nn3)C2)cc1Cl. The molecule has 3 aromatic rings. The van der Waals surface area contributed by atoms with Crippen molar-refractivity contribution in [3.05, 3.63) is 70.2 Å². The maximum Gasteiger partial charge on any atom is 0.262 e. The summed E-state index contributed by atoms with van der Waals surface area (Å²) in [6.45, 7) is 6.09. The van der Waals surface area contributed by atoms with Gasteiger partial charge in [-0.25, -0.2) is 0 Å². The van der Waals surface area contributed by atoms with Crippen LogP contribution >= 0.6 is 11.6 Å². The highest BCUT2D eigenvalue weighted by Crippen LogP contribution is 2.33. The number of piperidine rings is 2. The van der Waals surface area contributed by atoms with Gasteiger partial charge < -0.3 is 19.9 Å². The third-order valence-corrected chi connectivity index (χ3v) is 11.9. The molecule has 5 amide bonds. The number of piperazine rings is 1. The fourth-order valence-corrected chi connectivity index (χ4v) is 8.69. The molecular formula is C40H42ClN9O6. The second-order valence-electron chi connectivity index (χ2n) is 15.2. The zero-order valence-electron chi connectivity index (χ0n) is 30.8. The first kappa shape index (κ1) is 37.3. The monoisotopic (exact) mass is 779 g/mol. The van der Waals surface area contributed by atoms with E-state index in [0.29, 0.717) is 46.5 Å². The number of hydrogen-bond acceptors (Lipinski definition) is 12. The van der Waals surface area contributed by atoms with Gasteiger partial charge in [-0.1, -0.05) is 11.6 Å². The zero-order chi connectivity index (χ0) is 38.9. The first-order valence-electron chi connectivity index (χ1n) is 19.2. The van der Waals surface area contributed by atoms with Crippen LogP contribution in [0.4, 0.5) is 17.3 Å². The number of amides is 5. The minimum absolute atomic E-state index is 0.0878. The number of anilines is 3. The van der Waals surface area contributed by atoms with Crippen LogP contribution in [-0.4, -0.2) is 107 Å². The number of rotatable bonds is 9. The maximum absolute atomic E-state index is 13.3. The molecule has 0 spiro atoms. The molecule has 5 heterocycles. The topological polar surface area (TPSA) is 181 Å². The van der Waals surface area contributed by atoms with Crippen LogP contribution in [0.25, 0.3) is 0 Å². The van der Waals surface area contributed by atoms with Crippen LogP contribution in [-0.2, 0) is 14.4 Å². The second-order valence-corrected chi connectivity index (χ2v) is 15.6. The van der Waals surface area contributed by atoms with Crippen molar-refractivity contribution in [3.63, 3.8) is 0 Å². The number of hydrogen-bond donors (Lipinski definition) is 2. The predicted molar refractivity (Wildman–Crippen MR) is 205 cm³/mol. The number of ether oxygens (including phenoxy) is 1. The Morgan fingerprint density at radius 2 is 1.66 bits per heavy atom. The summed E-state index contributed by atoms with van der Waals surface area (Å²) in [7, 11) is 0. The number of nitrogens with one attached hydrogen (secondary N) is 2. The molecule has 1 aromatic heterocycles. The van der Waals surface area contributed by atoms with Crippen molar-refractivity contribution < 1.29 is 28.7 Å². The summed E-state index contributed by atoms with van der Waals surface area (Å²) in [5.41, 5.74) is 1.85. The summed E-state index contributed by atoms with van der Waals surface area (Å²) in [4.78, 5) is 71.4. The van der Waals surface area contributed by atoms with Crippen molar-refractivity contribution in [2.24, 2.45) is 11.8 Å². The van der Waals surface area contributed by atoms with E-state index in [0.717, 1.165) is 81.5 Å². The van der Waals surface area contributed by atoms with Crippen LogP contribution in [0.2, 0.25) is 5.02 Å². The summed E-state index contributed by atoms with van der Waals surface area (Å²) >= 11 is 6.14. The number of aromatic nitrogens is 2. The molecular weight excluding hydrogens is 738 g/mol. The smallest absolute Gasteiger partial charge is 0.262 e. The highest BCUT2D eigenvalue weighted by atomic mass is 35.5. The van der Waals surface area contributed by atoms with Gasteiger partial charge in [0.1, 0.15) is 17.9 Å². The summed E-state index contributed by atoms with van der Waals surface area (Å²) in [5.74, 6) is 0.0554. The molecule has 3 saturated heterocycles. The van der Waals surface area contributed by atoms with Gasteiger partial charge in [0.25, 0.3) is 11.8 Å². The van der Waals surface area contributed by atoms with E-state index in [1.165, 1.54) is 0 Å². The molecule has 1 aliphatic carbocycles. The highest BCUT2D eigenvalue weighted by molar-refractivity contribution is 6.31. The molecule has 5 aliphatic rings. The van der Waals surface area contributed by atoms with Crippen molar-refractivity contribution in [3.8, 4) is 11.8 Å². The van der Waals surface area contributed by atoms with E-state index >= 15 is 0 Å². The quantitative estimate of drug-likeness (QED) is 0.302. The minimum atomic E-state index is -0.977. The van der Waals surface area contributed by atoms with Crippen LogP contribution in [0, 0.1) is 23.2 Å². The van der Waals surface area contributed by atoms with Gasteiger partial charge in [-0.2, -0.15) is 5.26 Å². The molecule has 2 aromatic carbocycles. The first-order chi connectivity index (χ1) is 27.1. The fourth-order valence-electron chi connectivity index (χ4n) is 8.48. The van der Waals surface area contributed by atoms with Crippen LogP contribution in [0.3, 0.4) is 0 Å². The van der Waals surface area contributed by atoms with Crippen molar-refractivity contribution in [2.45, 2.75) is 57.1 Å². The summed E-state index contributed by atoms with van der Waals surface area (Å²) in [6.07, 6.45) is 4.19. The lowest BCUT2D eigenvalue weighted by molar-refractivity contribution is -0.136. The van der Waals surface area contributed by atoms with Crippen LogP contribution in [0.1, 0.15) is 71.2 Å². The van der Waals surface area contributed by atoms with Crippen LogP contribution < -0.4 is 25.2 Å². The van der Waals surface area contributed by atoms with Crippen LogP contribution in [0.15, 0.2) is 48.5 Å². The Balaban J connectivity index is 0.762. The van der Waals surface area contributed by atoms with E-state index in [1.807, 2.05) is 18.2 Å². The van der Waals surface area contributed by atoms with Gasteiger partial charge in [0.2, 0.25) is 17.7 Å². The Morgan fingerprint density at radius 1 is 0.875 bits per heavy atom. The van der Waals surface area contributed by atoms with Gasteiger partial charge in [0.05, 0.1) is 27.8 Å². The first-order valence-corrected chi connectivity index (χ1v) is 19.6. The van der Waals surface area contributed by atoms with E-state index in [2.05, 4.69) is 35.5 Å². The fraction of sp³-hybridized carbons (Fsp3) is 0.450. The summed E-state index contributed by atoms with van der Waals surface area (Å²) < 4.78 is 6.03. The van der Waals surface area contributed by atoms with Gasteiger partial charge in [-0.15, -0.1) is 10.2 Å². The predicted octanol–water partition coefficient (Wildman–Crippen LogP) is 3.63. The standard InChI is InChI=1S/C40H42ClN9O6/c41-32-21-29(5-2-26(32)22-42)56-28-4-1-25(19-28)37(52)43-34-8-9-35(46-45-34)49-13-11-24(12-14-49)23-47-15-17-48(18-16-47)27-3-6-30-31(20-27)40(55)50(39(30)54)33-7-10-36(51)44-38(33)53/h2-3,5-6,8-9,20-21,24-25,28,33H,1,4,7,10-19,23H2,(H,43,45,52)(H,44,51,53)/t25-,28-,33?/m0/s1. The number of nitrogens with zero attached hydrogens (tertiary/aromatic N) is 7. The number of nitriles is 1. The number of benzene rings is 2. The van der Waals surface area contributed by atoms with E-state index in [4.69, 9.17) is 21.6 Å². The average Bonchev–Trinajstić information content (AvgIpc) is 3.77. The second kappa shape index (κ2) is 15.9. The largest absolute Gasteiger partial charge is 0.490 e. The Kier molecular flexibility index (Phi) is 10.6. The van der Waals surface area contributed by atoms with Crippen molar-refractivity contribution >= 4 is 58.5 Å². The van der Waals surface area contributed by atoms with E-state index in [9.17, 15) is 24.0 Å². The molecule has 15 nitrogen and oxygen atoms in total. The number of carbonyl (C=O) groups excluding carboxylic acids is 5. The molecule has 4 aliphatic heterocycles. The van der Waals surface area contributed by atoms with Crippen LogP contribution in [0.5, 0.6) is 5.75 Å². The lowest BCUT2D eigenvalue weighted by Gasteiger charge is -2.39. The third kappa shape index (κ3) is 7.76. The summed E-state index contributed by atoms with van der Waals surface area (Å²) in [6, 6.07) is 15.1. The van der Waals surface area contributed by atoms with Crippen molar-refractivity contribution in [1.29, 1.82) is 5.26 Å². The number of halogens is 1. The van der Waals surface area contributed by atoms with E-state index in [1.54, 1.807) is 36.4 Å². The Bertz CT molecular complexity index is 2090. The lowest BCUT2D eigenvalue weighted by Crippen LogP contribution is -2.54. The van der Waals surface area contributed by atoms with Gasteiger partial charge in [-0.05, 0) is 86.9 Å². The van der Waals surface area contributed by atoms with E-state index < -0.39 is 29.7 Å². The summed E-state index contributed by atoms with van der Waals surface area (Å²) in [5, 5.41) is 23.3. The number of fused-ring (bicyclic) bond motifs is 1. The molecule has 0 bridgehead atoms. The van der Waals surface area contributed by atoms with Crippen molar-refractivity contribution in [2.75, 3.05) is 60.9 Å². The molecule has 1 saturated carbocycles. The molecule has 3 atom stereocenters. The van der Waals surface area contributed by atoms with Gasteiger partial charge in [-0.3, -0.25) is 39.1 Å². The highest BCUT2D eigenvalue weighted by Gasteiger charge is 2.45. The molecule has 4 fully saturated rings. The van der Waals surface area contributed by atoms with Gasteiger partial charge in [0.15, 0.2) is 11.6 Å². The molecule has 1 unspecified atom stereocenters. The zero-order valence-corrected chi connectivity index (χ0v) is 31.5. The van der Waals surface area contributed by atoms with E-state index in [-0.39, 0.29) is 36.3 Å². The average molecular weight is 780 g/mol. The lowest BCUT2D eigenvalue weighted by atomic mass is 9.96. The molecule has 2 N–H and O–H groups in total. The maximum atomic E-state index is 13.3.